The molecule has 0 aliphatic heterocycles. The maximum atomic E-state index is 4.03. The van der Waals surface area contributed by atoms with Gasteiger partial charge < -0.3 is 4.57 Å². The normalized spacial score (nSPS) is 10.9. The van der Waals surface area contributed by atoms with Crippen LogP contribution in [0.25, 0.3) is 5.57 Å². The van der Waals surface area contributed by atoms with Crippen molar-refractivity contribution in [1.29, 1.82) is 0 Å². The molecule has 0 amide bonds. The Morgan fingerprint density at radius 2 is 1.79 bits per heavy atom. The molecule has 1 aromatic rings. The van der Waals surface area contributed by atoms with E-state index >= 15 is 0 Å². The molecule has 0 unspecified atom stereocenters. The van der Waals surface area contributed by atoms with Gasteiger partial charge in [-0.15, -0.1) is 0 Å². The molecule has 104 valence electrons. The summed E-state index contributed by atoms with van der Waals surface area (Å²) < 4.78 is 2.62. The third-order valence-electron chi connectivity index (χ3n) is 3.21. The first-order valence-electron chi connectivity index (χ1n) is 7.45. The average molecular weight is 273 g/mol. The smallest absolute Gasteiger partial charge is 0.182 e. The number of allylic oxidation sites excluding steroid dienone is 1. The molecule has 0 saturated heterocycles. The molecule has 1 aromatic carbocycles. The molecule has 1 rings (SSSR count). The molecule has 0 bridgehead atoms. The lowest BCUT2D eigenvalue weighted by Gasteiger charge is -2.21. The molecule has 0 saturated carbocycles. The van der Waals surface area contributed by atoms with Crippen molar-refractivity contribution in [2.75, 3.05) is 13.1 Å². The fraction of sp³-hybridized carbons (Fsp3) is 0.529. The van der Waals surface area contributed by atoms with Gasteiger partial charge in [-0.25, -0.2) is 0 Å². The predicted molar refractivity (Wildman–Crippen MR) is 87.9 cm³/mol. The van der Waals surface area contributed by atoms with E-state index in [2.05, 4.69) is 56.2 Å². The number of hydrogen-bond donors (Lipinski definition) is 0. The van der Waals surface area contributed by atoms with E-state index in [9.17, 15) is 0 Å². The van der Waals surface area contributed by atoms with Crippen LogP contribution in [0.2, 0.25) is 0 Å². The zero-order valence-electron chi connectivity index (χ0n) is 12.7. The Labute approximate surface area is 121 Å². The lowest BCUT2D eigenvalue weighted by Crippen LogP contribution is -2.37. The van der Waals surface area contributed by atoms with Crippen molar-refractivity contribution in [1.82, 2.24) is 4.57 Å². The van der Waals surface area contributed by atoms with Crippen LogP contribution in [0, 0.1) is 0 Å². The Kier molecular flexibility index (Phi) is 7.76. The largest absolute Gasteiger partial charge is 0.322 e. The molecule has 2 radical (unpaired) electrons. The molecule has 0 heterocycles. The van der Waals surface area contributed by atoms with Gasteiger partial charge in [0, 0.05) is 0 Å². The van der Waals surface area contributed by atoms with Crippen LogP contribution in [0.1, 0.15) is 52.0 Å². The Morgan fingerprint density at radius 1 is 1.16 bits per heavy atom. The highest BCUT2D eigenvalue weighted by Crippen LogP contribution is 2.08. The van der Waals surface area contributed by atoms with Crippen LogP contribution in [-0.2, 0) is 0 Å². The van der Waals surface area contributed by atoms with Gasteiger partial charge in [0.2, 0.25) is 0 Å². The van der Waals surface area contributed by atoms with Crippen molar-refractivity contribution >= 4 is 20.4 Å². The zero-order chi connectivity index (χ0) is 14.1. The van der Waals surface area contributed by atoms with Crippen molar-refractivity contribution in [3.05, 3.63) is 36.4 Å². The maximum absolute atomic E-state index is 4.03. The van der Waals surface area contributed by atoms with Gasteiger partial charge in [0.25, 0.3) is 0 Å². The molecule has 0 aromatic heterocycles. The Bertz CT molecular complexity index is 379. The van der Waals surface area contributed by atoms with Crippen molar-refractivity contribution in [3.63, 3.8) is 0 Å². The van der Waals surface area contributed by atoms with Gasteiger partial charge in [-0.2, -0.15) is 0 Å². The Morgan fingerprint density at radius 3 is 2.32 bits per heavy atom. The summed E-state index contributed by atoms with van der Waals surface area (Å²) in [5.41, 5.74) is 2.43. The summed E-state index contributed by atoms with van der Waals surface area (Å²) in [5.74, 6) is 0. The summed E-state index contributed by atoms with van der Waals surface area (Å²) in [7, 11) is 0.797. The van der Waals surface area contributed by atoms with Gasteiger partial charge in [0.15, 0.2) is 9.68 Å². The summed E-state index contributed by atoms with van der Waals surface area (Å²) in [5, 5.41) is 1.44. The summed E-state index contributed by atoms with van der Waals surface area (Å²) >= 11 is 0. The van der Waals surface area contributed by atoms with E-state index in [1.165, 1.54) is 49.5 Å². The van der Waals surface area contributed by atoms with Gasteiger partial charge >= 0.3 is 0 Å². The highest BCUT2D eigenvalue weighted by molar-refractivity contribution is 6.50. The SMILES string of the molecule is C=C(C)c1cccc([Si]N(CCCC)CCCC)c1. The quantitative estimate of drug-likeness (QED) is 0.617. The maximum Gasteiger partial charge on any atom is 0.182 e. The van der Waals surface area contributed by atoms with Crippen LogP contribution in [0.3, 0.4) is 0 Å². The molecule has 0 fully saturated rings. The van der Waals surface area contributed by atoms with E-state index in [1.807, 2.05) is 0 Å². The second-order valence-corrected chi connectivity index (χ2v) is 6.60. The van der Waals surface area contributed by atoms with E-state index in [-0.39, 0.29) is 0 Å². The van der Waals surface area contributed by atoms with Crippen molar-refractivity contribution in [2.45, 2.75) is 46.5 Å². The van der Waals surface area contributed by atoms with Gasteiger partial charge in [-0.1, -0.05) is 63.1 Å². The number of rotatable bonds is 9. The molecular weight excluding hydrogens is 246 g/mol. The Hall–Kier alpha value is -0.863. The number of unbranched alkanes of at least 4 members (excludes halogenated alkanes) is 2. The van der Waals surface area contributed by atoms with Crippen LogP contribution in [0.15, 0.2) is 30.8 Å². The van der Waals surface area contributed by atoms with E-state index in [4.69, 9.17) is 0 Å². The number of nitrogens with zero attached hydrogens (tertiary/aromatic N) is 1. The van der Waals surface area contributed by atoms with Crippen molar-refractivity contribution in [2.24, 2.45) is 0 Å². The van der Waals surface area contributed by atoms with E-state index in [0.717, 1.165) is 15.3 Å². The second-order valence-electron chi connectivity index (χ2n) is 5.17. The average Bonchev–Trinajstić information content (AvgIpc) is 2.42. The van der Waals surface area contributed by atoms with Gasteiger partial charge in [-0.05, 0) is 43.6 Å². The van der Waals surface area contributed by atoms with Gasteiger partial charge in [0.1, 0.15) is 0 Å². The number of benzene rings is 1. The molecule has 0 atom stereocenters. The molecule has 0 aliphatic rings. The van der Waals surface area contributed by atoms with E-state index in [1.54, 1.807) is 0 Å². The van der Waals surface area contributed by atoms with E-state index in [0.29, 0.717) is 0 Å². The summed E-state index contributed by atoms with van der Waals surface area (Å²) in [6.45, 7) is 13.1. The number of hydrogen-bond acceptors (Lipinski definition) is 1. The lowest BCUT2D eigenvalue weighted by atomic mass is 10.1. The minimum atomic E-state index is 0.797. The first-order chi connectivity index (χ1) is 9.17. The molecular formula is C17H27NSi. The fourth-order valence-electron chi connectivity index (χ4n) is 1.96. The lowest BCUT2D eigenvalue weighted by molar-refractivity contribution is 0.423. The zero-order valence-corrected chi connectivity index (χ0v) is 13.7. The van der Waals surface area contributed by atoms with Gasteiger partial charge in [-0.3, -0.25) is 0 Å². The topological polar surface area (TPSA) is 3.24 Å². The molecule has 0 aliphatic carbocycles. The summed E-state index contributed by atoms with van der Waals surface area (Å²) in [4.78, 5) is 0. The molecule has 19 heavy (non-hydrogen) atoms. The minimum Gasteiger partial charge on any atom is -0.322 e. The van der Waals surface area contributed by atoms with Gasteiger partial charge in [0.05, 0.1) is 0 Å². The summed E-state index contributed by atoms with van der Waals surface area (Å²) in [6.07, 6.45) is 5.16. The highest BCUT2D eigenvalue weighted by Gasteiger charge is 2.07. The monoisotopic (exact) mass is 273 g/mol. The fourth-order valence-corrected chi connectivity index (χ4v) is 3.25. The first kappa shape index (κ1) is 16.2. The first-order valence-corrected chi connectivity index (χ1v) is 8.39. The summed E-state index contributed by atoms with van der Waals surface area (Å²) in [6, 6.07) is 8.85. The predicted octanol–water partition coefficient (Wildman–Crippen LogP) is 3.87. The molecule has 0 N–H and O–H groups in total. The third-order valence-corrected chi connectivity index (χ3v) is 4.54. The minimum absolute atomic E-state index is 0.797. The second kappa shape index (κ2) is 9.11. The molecule has 2 heteroatoms. The van der Waals surface area contributed by atoms with Crippen LogP contribution in [0.5, 0.6) is 0 Å². The van der Waals surface area contributed by atoms with Crippen LogP contribution >= 0.6 is 0 Å². The van der Waals surface area contributed by atoms with E-state index < -0.39 is 0 Å². The van der Waals surface area contributed by atoms with Crippen LogP contribution < -0.4 is 5.19 Å². The Balaban J connectivity index is 2.65. The van der Waals surface area contributed by atoms with Crippen LogP contribution in [-0.4, -0.2) is 27.3 Å². The molecule has 1 nitrogen and oxygen atoms in total. The van der Waals surface area contributed by atoms with Crippen molar-refractivity contribution in [3.8, 4) is 0 Å². The standard InChI is InChI=1S/C17H27NSi/c1-5-7-12-18(13-8-6-2)19-17-11-9-10-16(14-17)15(3)4/h9-11,14H,3,5-8,12-13H2,1-2,4H3. The third kappa shape index (κ3) is 6.21. The van der Waals surface area contributed by atoms with Crippen LogP contribution in [0.4, 0.5) is 0 Å². The highest BCUT2D eigenvalue weighted by atomic mass is 28.2. The van der Waals surface area contributed by atoms with Crippen molar-refractivity contribution < 1.29 is 0 Å². The molecule has 0 spiro atoms.